The molecular weight excluding hydrogens is 322 g/mol. The van der Waals surface area contributed by atoms with Gasteiger partial charge in [-0.3, -0.25) is 9.59 Å². The van der Waals surface area contributed by atoms with Crippen LogP contribution in [-0.2, 0) is 4.74 Å². The van der Waals surface area contributed by atoms with Crippen molar-refractivity contribution in [1.82, 2.24) is 24.8 Å². The van der Waals surface area contributed by atoms with Crippen LogP contribution in [0.5, 0.6) is 0 Å². The monoisotopic (exact) mass is 339 g/mol. The summed E-state index contributed by atoms with van der Waals surface area (Å²) in [4.78, 5) is 40.4. The fraction of sp³-hybridized carbons (Fsp3) is 0.294. The number of benzene rings is 1. The first-order chi connectivity index (χ1) is 12.1. The first-order valence-electron chi connectivity index (χ1n) is 8.02. The smallest absolute Gasteiger partial charge is 0.254 e. The summed E-state index contributed by atoms with van der Waals surface area (Å²) < 4.78 is 5.71. The Hall–Kier alpha value is -3.00. The van der Waals surface area contributed by atoms with E-state index in [4.69, 9.17) is 4.74 Å². The number of hydrogen-bond acceptors (Lipinski definition) is 5. The van der Waals surface area contributed by atoms with Crippen LogP contribution in [-0.4, -0.2) is 50.4 Å². The molecule has 0 aliphatic carbocycles. The second-order valence-electron chi connectivity index (χ2n) is 6.02. The highest BCUT2D eigenvalue weighted by Crippen LogP contribution is 2.21. The number of aromatic amines is 2. The summed E-state index contributed by atoms with van der Waals surface area (Å²) in [6.07, 6.45) is 1.16. The van der Waals surface area contributed by atoms with Crippen molar-refractivity contribution in [2.24, 2.45) is 0 Å². The molecule has 25 heavy (non-hydrogen) atoms. The number of nitrogens with zero attached hydrogens (tertiary/aromatic N) is 3. The van der Waals surface area contributed by atoms with Gasteiger partial charge in [0.15, 0.2) is 0 Å². The number of morpholine rings is 1. The number of carbonyl (C=O) groups excluding carboxylic acids is 1. The van der Waals surface area contributed by atoms with Crippen LogP contribution >= 0.6 is 0 Å². The molecule has 1 aliphatic heterocycles. The molecule has 1 aromatic carbocycles. The molecule has 4 rings (SSSR count). The lowest BCUT2D eigenvalue weighted by atomic mass is 10.1. The largest absolute Gasteiger partial charge is 0.367 e. The summed E-state index contributed by atoms with van der Waals surface area (Å²) in [6.45, 7) is 2.98. The summed E-state index contributed by atoms with van der Waals surface area (Å²) in [7, 11) is 0. The maximum atomic E-state index is 12.8. The quantitative estimate of drug-likeness (QED) is 0.729. The number of H-pyrrole nitrogens is 2. The summed E-state index contributed by atoms with van der Waals surface area (Å²) in [5, 5.41) is 0. The van der Waals surface area contributed by atoms with Gasteiger partial charge in [0, 0.05) is 23.9 Å². The molecule has 1 saturated heterocycles. The summed E-state index contributed by atoms with van der Waals surface area (Å²) in [6, 6.07) is 6.80. The Bertz CT molecular complexity index is 993. The Morgan fingerprint density at radius 3 is 3.08 bits per heavy atom. The van der Waals surface area contributed by atoms with E-state index in [1.807, 2.05) is 6.07 Å². The highest BCUT2D eigenvalue weighted by molar-refractivity contribution is 5.97. The highest BCUT2D eigenvalue weighted by Gasteiger charge is 2.28. The van der Waals surface area contributed by atoms with Gasteiger partial charge in [0.1, 0.15) is 11.9 Å². The standard InChI is InChI=1S/C17H17N5O3/c1-10-6-15(23)21-16(20-10)14-8-22(4-5-25-14)17(24)11-2-3-12-13(7-11)19-9-18-12/h2-3,6-7,9,14H,4-5,8H2,1H3,(H,18,19)(H,20,21,23)/t14-/m1/s1. The number of amides is 1. The maximum Gasteiger partial charge on any atom is 0.254 e. The number of hydrogen-bond donors (Lipinski definition) is 2. The van der Waals surface area contributed by atoms with Crippen molar-refractivity contribution in [2.45, 2.75) is 13.0 Å². The van der Waals surface area contributed by atoms with E-state index in [-0.39, 0.29) is 11.5 Å². The lowest BCUT2D eigenvalue weighted by Crippen LogP contribution is -2.43. The molecular formula is C17H17N5O3. The van der Waals surface area contributed by atoms with E-state index in [9.17, 15) is 9.59 Å². The van der Waals surface area contributed by atoms with Crippen molar-refractivity contribution in [3.63, 3.8) is 0 Å². The second-order valence-corrected chi connectivity index (χ2v) is 6.02. The SMILES string of the molecule is Cc1cc(=O)[nH]c([C@H]2CN(C(=O)c3ccc4nc[nH]c4c3)CCO2)n1. The number of fused-ring (bicyclic) bond motifs is 1. The number of imidazole rings is 1. The molecule has 0 radical (unpaired) electrons. The normalized spacial score (nSPS) is 17.8. The average molecular weight is 339 g/mol. The molecule has 2 aromatic heterocycles. The number of rotatable bonds is 2. The van der Waals surface area contributed by atoms with Crippen molar-refractivity contribution in [3.05, 3.63) is 58.0 Å². The zero-order chi connectivity index (χ0) is 17.4. The molecule has 8 nitrogen and oxygen atoms in total. The van der Waals surface area contributed by atoms with E-state index in [0.717, 1.165) is 11.0 Å². The van der Waals surface area contributed by atoms with Gasteiger partial charge < -0.3 is 19.6 Å². The van der Waals surface area contributed by atoms with Crippen molar-refractivity contribution in [3.8, 4) is 0 Å². The third-order valence-electron chi connectivity index (χ3n) is 4.21. The van der Waals surface area contributed by atoms with E-state index in [1.54, 1.807) is 30.3 Å². The van der Waals surface area contributed by atoms with Crippen molar-refractivity contribution in [2.75, 3.05) is 19.7 Å². The number of aromatic nitrogens is 4. The molecule has 8 heteroatoms. The van der Waals surface area contributed by atoms with Crippen molar-refractivity contribution < 1.29 is 9.53 Å². The highest BCUT2D eigenvalue weighted by atomic mass is 16.5. The zero-order valence-corrected chi connectivity index (χ0v) is 13.7. The summed E-state index contributed by atoms with van der Waals surface area (Å²) >= 11 is 0. The van der Waals surface area contributed by atoms with Gasteiger partial charge in [-0.15, -0.1) is 0 Å². The van der Waals surface area contributed by atoms with Crippen LogP contribution in [0.15, 0.2) is 35.4 Å². The number of nitrogens with one attached hydrogen (secondary N) is 2. The Labute approximate surface area is 142 Å². The molecule has 2 N–H and O–H groups in total. The number of aryl methyl sites for hydroxylation is 1. The third-order valence-corrected chi connectivity index (χ3v) is 4.21. The Balaban J connectivity index is 1.57. The van der Waals surface area contributed by atoms with Gasteiger partial charge in [-0.05, 0) is 25.1 Å². The van der Waals surface area contributed by atoms with Gasteiger partial charge >= 0.3 is 0 Å². The second kappa shape index (κ2) is 6.14. The van der Waals surface area contributed by atoms with Crippen LogP contribution in [0.3, 0.4) is 0 Å². The maximum absolute atomic E-state index is 12.8. The first-order valence-corrected chi connectivity index (χ1v) is 8.02. The van der Waals surface area contributed by atoms with Crippen molar-refractivity contribution in [1.29, 1.82) is 0 Å². The van der Waals surface area contributed by atoms with Gasteiger partial charge in [-0.1, -0.05) is 0 Å². The molecule has 128 valence electrons. The predicted octanol–water partition coefficient (Wildman–Crippen LogP) is 1.17. The molecule has 1 atom stereocenters. The minimum absolute atomic E-state index is 0.0835. The van der Waals surface area contributed by atoms with E-state index >= 15 is 0 Å². The average Bonchev–Trinajstić information content (AvgIpc) is 3.08. The molecule has 0 saturated carbocycles. The van der Waals surface area contributed by atoms with Crippen LogP contribution in [0.1, 0.15) is 28.0 Å². The van der Waals surface area contributed by atoms with Crippen LogP contribution in [0, 0.1) is 6.92 Å². The van der Waals surface area contributed by atoms with Crippen LogP contribution in [0.2, 0.25) is 0 Å². The van der Waals surface area contributed by atoms with Crippen LogP contribution in [0.25, 0.3) is 11.0 Å². The van der Waals surface area contributed by atoms with E-state index in [0.29, 0.717) is 36.8 Å². The number of ether oxygens (including phenoxy) is 1. The van der Waals surface area contributed by atoms with Gasteiger partial charge in [-0.2, -0.15) is 0 Å². The Kier molecular flexibility index (Phi) is 3.81. The van der Waals surface area contributed by atoms with E-state index in [1.165, 1.54) is 6.07 Å². The molecule has 1 fully saturated rings. The van der Waals surface area contributed by atoms with Crippen molar-refractivity contribution >= 4 is 16.9 Å². The lowest BCUT2D eigenvalue weighted by molar-refractivity contribution is -0.0269. The topological polar surface area (TPSA) is 104 Å². The first kappa shape index (κ1) is 15.5. The Morgan fingerprint density at radius 2 is 2.24 bits per heavy atom. The Morgan fingerprint density at radius 1 is 1.36 bits per heavy atom. The third kappa shape index (κ3) is 3.03. The van der Waals surface area contributed by atoms with Crippen LogP contribution < -0.4 is 5.56 Å². The molecule has 1 amide bonds. The van der Waals surface area contributed by atoms with Gasteiger partial charge in [-0.25, -0.2) is 9.97 Å². The minimum atomic E-state index is -0.443. The fourth-order valence-corrected chi connectivity index (χ4v) is 3.01. The molecule has 0 bridgehead atoms. The zero-order valence-electron chi connectivity index (χ0n) is 13.7. The fourth-order valence-electron chi connectivity index (χ4n) is 3.01. The number of carbonyl (C=O) groups is 1. The minimum Gasteiger partial charge on any atom is -0.367 e. The molecule has 3 aromatic rings. The van der Waals surface area contributed by atoms with Gasteiger partial charge in [0.2, 0.25) is 0 Å². The molecule has 3 heterocycles. The van der Waals surface area contributed by atoms with Crippen LogP contribution in [0.4, 0.5) is 0 Å². The van der Waals surface area contributed by atoms with E-state index in [2.05, 4.69) is 19.9 Å². The molecule has 0 spiro atoms. The summed E-state index contributed by atoms with van der Waals surface area (Å²) in [5.41, 5.74) is 2.62. The lowest BCUT2D eigenvalue weighted by Gasteiger charge is -2.32. The molecule has 0 unspecified atom stereocenters. The van der Waals surface area contributed by atoms with E-state index < -0.39 is 6.10 Å². The van der Waals surface area contributed by atoms with Gasteiger partial charge in [0.25, 0.3) is 11.5 Å². The molecule has 1 aliphatic rings. The predicted molar refractivity (Wildman–Crippen MR) is 90.3 cm³/mol. The van der Waals surface area contributed by atoms with Gasteiger partial charge in [0.05, 0.1) is 30.5 Å². The summed E-state index contributed by atoms with van der Waals surface area (Å²) in [5.74, 6) is 0.367.